The Morgan fingerprint density at radius 2 is 1.78 bits per heavy atom. The van der Waals surface area contributed by atoms with Crippen LogP contribution in [0.5, 0.6) is 0 Å². The Kier molecular flexibility index (Phi) is 6.28. The van der Waals surface area contributed by atoms with Crippen molar-refractivity contribution in [3.8, 4) is 0 Å². The number of carbonyl (C=O) groups excluding carboxylic acids is 2. The minimum Gasteiger partial charge on any atom is -0.368 e. The van der Waals surface area contributed by atoms with E-state index in [0.29, 0.717) is 31.2 Å². The summed E-state index contributed by atoms with van der Waals surface area (Å²) in [5.41, 5.74) is 1.07. The summed E-state index contributed by atoms with van der Waals surface area (Å²) in [5, 5.41) is 0.714. The number of nitrogens with zero attached hydrogens (tertiary/aromatic N) is 3. The monoisotopic (exact) mass is 337 g/mol. The van der Waals surface area contributed by atoms with Gasteiger partial charge < -0.3 is 14.7 Å². The fourth-order valence-corrected chi connectivity index (χ4v) is 3.00. The second-order valence-electron chi connectivity index (χ2n) is 5.59. The molecule has 1 aliphatic rings. The first-order chi connectivity index (χ1) is 11.0. The van der Waals surface area contributed by atoms with Crippen LogP contribution in [0.25, 0.3) is 0 Å². The van der Waals surface area contributed by atoms with Crippen molar-refractivity contribution in [2.24, 2.45) is 0 Å². The zero-order chi connectivity index (χ0) is 16.8. The molecule has 1 heterocycles. The largest absolute Gasteiger partial charge is 0.368 e. The Bertz CT molecular complexity index is 553. The summed E-state index contributed by atoms with van der Waals surface area (Å²) in [6, 6.07) is 7.73. The first kappa shape index (κ1) is 17.6. The average Bonchev–Trinajstić information content (AvgIpc) is 2.56. The molecule has 0 atom stereocenters. The molecule has 0 bridgehead atoms. The number of rotatable bonds is 5. The molecule has 1 saturated heterocycles. The van der Waals surface area contributed by atoms with Crippen molar-refractivity contribution < 1.29 is 9.59 Å². The smallest absolute Gasteiger partial charge is 0.232 e. The molecular weight excluding hydrogens is 314 g/mol. The van der Waals surface area contributed by atoms with E-state index in [1.165, 1.54) is 0 Å². The predicted octanol–water partition coefficient (Wildman–Crippen LogP) is 2.25. The Morgan fingerprint density at radius 3 is 2.35 bits per heavy atom. The summed E-state index contributed by atoms with van der Waals surface area (Å²) in [4.78, 5) is 30.0. The van der Waals surface area contributed by atoms with Gasteiger partial charge in [0.15, 0.2) is 0 Å². The Hall–Kier alpha value is -1.75. The van der Waals surface area contributed by atoms with E-state index in [0.717, 1.165) is 18.8 Å². The summed E-state index contributed by atoms with van der Waals surface area (Å²) in [6.07, 6.45) is -0.0289. The van der Waals surface area contributed by atoms with E-state index in [-0.39, 0.29) is 18.2 Å². The van der Waals surface area contributed by atoms with Crippen LogP contribution in [0.1, 0.15) is 20.3 Å². The van der Waals surface area contributed by atoms with Gasteiger partial charge in [0.25, 0.3) is 0 Å². The maximum Gasteiger partial charge on any atom is 0.232 e. The molecule has 2 rings (SSSR count). The summed E-state index contributed by atoms with van der Waals surface area (Å²) in [5.74, 6) is -0.162. The molecule has 0 saturated carbocycles. The topological polar surface area (TPSA) is 43.9 Å². The number of hydrogen-bond acceptors (Lipinski definition) is 3. The van der Waals surface area contributed by atoms with Gasteiger partial charge in [0.05, 0.1) is 0 Å². The van der Waals surface area contributed by atoms with Crippen molar-refractivity contribution in [1.82, 2.24) is 9.80 Å². The number of carbonyl (C=O) groups is 2. The van der Waals surface area contributed by atoms with Gasteiger partial charge in [-0.25, -0.2) is 0 Å². The molecule has 1 fully saturated rings. The van der Waals surface area contributed by atoms with Crippen molar-refractivity contribution in [3.05, 3.63) is 29.3 Å². The lowest BCUT2D eigenvalue weighted by Crippen LogP contribution is -2.49. The van der Waals surface area contributed by atoms with Gasteiger partial charge in [-0.3, -0.25) is 9.59 Å². The van der Waals surface area contributed by atoms with Crippen LogP contribution >= 0.6 is 11.6 Å². The van der Waals surface area contributed by atoms with E-state index >= 15 is 0 Å². The number of amides is 2. The highest BCUT2D eigenvalue weighted by molar-refractivity contribution is 6.30. The molecule has 0 aliphatic carbocycles. The van der Waals surface area contributed by atoms with Crippen molar-refractivity contribution in [1.29, 1.82) is 0 Å². The van der Waals surface area contributed by atoms with Crippen LogP contribution in [0.3, 0.4) is 0 Å². The second kappa shape index (κ2) is 8.20. The zero-order valence-electron chi connectivity index (χ0n) is 13.8. The van der Waals surface area contributed by atoms with Gasteiger partial charge >= 0.3 is 0 Å². The highest BCUT2D eigenvalue weighted by atomic mass is 35.5. The number of piperazine rings is 1. The van der Waals surface area contributed by atoms with Crippen LogP contribution < -0.4 is 4.90 Å². The fraction of sp³-hybridized carbons (Fsp3) is 0.529. The van der Waals surface area contributed by atoms with Gasteiger partial charge in [0.2, 0.25) is 11.8 Å². The van der Waals surface area contributed by atoms with Crippen LogP contribution in [-0.2, 0) is 9.59 Å². The molecule has 1 aromatic carbocycles. The quantitative estimate of drug-likeness (QED) is 0.774. The third kappa shape index (κ3) is 4.61. The first-order valence-corrected chi connectivity index (χ1v) is 8.49. The molecule has 0 spiro atoms. The van der Waals surface area contributed by atoms with E-state index in [1.807, 2.05) is 38.1 Å². The normalized spacial score (nSPS) is 14.7. The number of anilines is 1. The van der Waals surface area contributed by atoms with Crippen LogP contribution in [-0.4, -0.2) is 60.9 Å². The molecule has 2 amide bonds. The molecular formula is C17H24ClN3O2. The van der Waals surface area contributed by atoms with Crippen molar-refractivity contribution in [2.45, 2.75) is 20.3 Å². The summed E-state index contributed by atoms with van der Waals surface area (Å²) in [6.45, 7) is 7.92. The zero-order valence-corrected chi connectivity index (χ0v) is 14.6. The Balaban J connectivity index is 1.86. The highest BCUT2D eigenvalue weighted by Crippen LogP contribution is 2.21. The molecule has 0 aromatic heterocycles. The Morgan fingerprint density at radius 1 is 1.13 bits per heavy atom. The molecule has 0 N–H and O–H groups in total. The van der Waals surface area contributed by atoms with Crippen molar-refractivity contribution in [2.75, 3.05) is 44.2 Å². The third-order valence-corrected chi connectivity index (χ3v) is 4.46. The van der Waals surface area contributed by atoms with Gasteiger partial charge in [0.1, 0.15) is 6.42 Å². The van der Waals surface area contributed by atoms with Crippen LogP contribution in [0.15, 0.2) is 24.3 Å². The summed E-state index contributed by atoms with van der Waals surface area (Å²) >= 11 is 6.02. The maximum absolute atomic E-state index is 12.3. The first-order valence-electron chi connectivity index (χ1n) is 8.11. The lowest BCUT2D eigenvalue weighted by atomic mass is 10.2. The van der Waals surface area contributed by atoms with Gasteiger partial charge in [0, 0.05) is 50.0 Å². The average molecular weight is 338 g/mol. The molecule has 23 heavy (non-hydrogen) atoms. The number of benzene rings is 1. The van der Waals surface area contributed by atoms with Crippen LogP contribution in [0.4, 0.5) is 5.69 Å². The minimum absolute atomic E-state index is 0.0289. The molecule has 1 aliphatic heterocycles. The van der Waals surface area contributed by atoms with E-state index in [1.54, 1.807) is 9.80 Å². The maximum atomic E-state index is 12.3. The van der Waals surface area contributed by atoms with E-state index in [4.69, 9.17) is 11.6 Å². The molecule has 5 nitrogen and oxygen atoms in total. The van der Waals surface area contributed by atoms with Gasteiger partial charge in [-0.2, -0.15) is 0 Å². The molecule has 126 valence electrons. The lowest BCUT2D eigenvalue weighted by Gasteiger charge is -2.36. The summed E-state index contributed by atoms with van der Waals surface area (Å²) in [7, 11) is 0. The molecule has 1 aromatic rings. The van der Waals surface area contributed by atoms with Crippen molar-refractivity contribution >= 4 is 29.1 Å². The van der Waals surface area contributed by atoms with Gasteiger partial charge in [-0.05, 0) is 32.0 Å². The SMILES string of the molecule is CCN(CC)C(=O)CC(=O)N1CCN(c2cccc(Cl)c2)CC1. The molecule has 0 unspecified atom stereocenters. The Labute approximate surface area is 142 Å². The van der Waals surface area contributed by atoms with Crippen LogP contribution in [0.2, 0.25) is 5.02 Å². The molecule has 0 radical (unpaired) electrons. The third-order valence-electron chi connectivity index (χ3n) is 4.22. The lowest BCUT2D eigenvalue weighted by molar-refractivity contribution is -0.140. The van der Waals surface area contributed by atoms with E-state index in [9.17, 15) is 9.59 Å². The van der Waals surface area contributed by atoms with Gasteiger partial charge in [-0.15, -0.1) is 0 Å². The van der Waals surface area contributed by atoms with Gasteiger partial charge in [-0.1, -0.05) is 17.7 Å². The minimum atomic E-state index is -0.0859. The van der Waals surface area contributed by atoms with E-state index in [2.05, 4.69) is 4.90 Å². The summed E-state index contributed by atoms with van der Waals surface area (Å²) < 4.78 is 0. The fourth-order valence-electron chi connectivity index (χ4n) is 2.82. The second-order valence-corrected chi connectivity index (χ2v) is 6.03. The van der Waals surface area contributed by atoms with Crippen molar-refractivity contribution in [3.63, 3.8) is 0 Å². The van der Waals surface area contributed by atoms with Crippen LogP contribution in [0, 0.1) is 0 Å². The standard InChI is InChI=1S/C17H24ClN3O2/c1-3-19(4-2)16(22)13-17(23)21-10-8-20(9-11-21)15-7-5-6-14(18)12-15/h5-7,12H,3-4,8-11,13H2,1-2H3. The number of hydrogen-bond donors (Lipinski definition) is 0. The van der Waals surface area contributed by atoms with E-state index < -0.39 is 0 Å². The number of halogens is 1. The molecule has 6 heteroatoms. The highest BCUT2D eigenvalue weighted by Gasteiger charge is 2.24. The predicted molar refractivity (Wildman–Crippen MR) is 92.8 cm³/mol.